The van der Waals surface area contributed by atoms with Gasteiger partial charge in [-0.2, -0.15) is 5.26 Å². The summed E-state index contributed by atoms with van der Waals surface area (Å²) in [5, 5.41) is 13.0. The maximum absolute atomic E-state index is 14.6. The lowest BCUT2D eigenvalue weighted by Crippen LogP contribution is -2.44. The minimum atomic E-state index is -1.06. The molecule has 2 aliphatic carbocycles. The van der Waals surface area contributed by atoms with Gasteiger partial charge in [-0.15, -0.1) is 11.3 Å². The van der Waals surface area contributed by atoms with Gasteiger partial charge in [0.2, 0.25) is 5.91 Å². The van der Waals surface area contributed by atoms with Crippen LogP contribution in [0.5, 0.6) is 0 Å². The Morgan fingerprint density at radius 2 is 1.95 bits per heavy atom. The second kappa shape index (κ2) is 11.4. The number of nitrogens with zero attached hydrogens (tertiary/aromatic N) is 3. The lowest BCUT2D eigenvalue weighted by atomic mass is 9.75. The molecular formula is C29H35FN6O2S. The molecule has 2 aromatic rings. The lowest BCUT2D eigenvalue weighted by Gasteiger charge is -2.32. The van der Waals surface area contributed by atoms with Crippen molar-refractivity contribution in [3.8, 4) is 16.5 Å². The van der Waals surface area contributed by atoms with Crippen molar-refractivity contribution in [3.63, 3.8) is 0 Å². The number of allylic oxidation sites excluding steroid dienone is 3. The molecule has 3 aliphatic rings. The van der Waals surface area contributed by atoms with Crippen molar-refractivity contribution in [3.05, 3.63) is 52.8 Å². The van der Waals surface area contributed by atoms with Crippen molar-refractivity contribution in [2.24, 2.45) is 17.4 Å². The number of halogens is 1. The summed E-state index contributed by atoms with van der Waals surface area (Å²) < 4.78 is 20.1. The number of morpholine rings is 1. The topological polar surface area (TPSA) is 130 Å². The Morgan fingerprint density at radius 3 is 2.59 bits per heavy atom. The van der Waals surface area contributed by atoms with Crippen LogP contribution in [0.2, 0.25) is 0 Å². The van der Waals surface area contributed by atoms with Gasteiger partial charge in [0.15, 0.2) is 0 Å². The Kier molecular flexibility index (Phi) is 7.91. The average molecular weight is 551 g/mol. The zero-order chi connectivity index (χ0) is 27.6. The fourth-order valence-corrected chi connectivity index (χ4v) is 6.38. The molecule has 1 aromatic heterocycles. The molecule has 1 aromatic carbocycles. The molecule has 1 saturated heterocycles. The first-order valence-electron chi connectivity index (χ1n) is 13.5. The number of benzene rings is 1. The maximum Gasteiger partial charge on any atom is 0.225 e. The number of hydrogen-bond acceptors (Lipinski definition) is 8. The number of alkyl halides is 1. The van der Waals surface area contributed by atoms with Gasteiger partial charge in [0.1, 0.15) is 16.7 Å². The van der Waals surface area contributed by atoms with Gasteiger partial charge in [-0.3, -0.25) is 4.79 Å². The normalized spacial score (nSPS) is 25.2. The summed E-state index contributed by atoms with van der Waals surface area (Å²) in [6.45, 7) is 4.89. The van der Waals surface area contributed by atoms with Gasteiger partial charge in [0.05, 0.1) is 35.6 Å². The first-order chi connectivity index (χ1) is 18.8. The van der Waals surface area contributed by atoms with Gasteiger partial charge in [0, 0.05) is 36.3 Å². The van der Waals surface area contributed by atoms with E-state index in [0.717, 1.165) is 34.9 Å². The van der Waals surface area contributed by atoms with Crippen molar-refractivity contribution in [1.29, 1.82) is 5.26 Å². The molecule has 8 nitrogen and oxygen atoms in total. The number of hydrogen-bond donors (Lipinski definition) is 3. The number of anilines is 1. The molecule has 0 radical (unpaired) electrons. The smallest absolute Gasteiger partial charge is 0.225 e. The molecule has 0 spiro atoms. The third-order valence-electron chi connectivity index (χ3n) is 7.73. The maximum atomic E-state index is 14.6. The SMILES string of the molecule is C/C(N)=C/C=C(\N)c1nc([C@@H]2CC[C@H](F)CC2C(=O)NC2(C#N)CC2)c(-c2ccc(N3CCOCC3)cc2)s1. The van der Waals surface area contributed by atoms with Crippen LogP contribution in [0.3, 0.4) is 0 Å². The monoisotopic (exact) mass is 550 g/mol. The molecule has 10 heteroatoms. The van der Waals surface area contributed by atoms with E-state index in [9.17, 15) is 14.4 Å². The van der Waals surface area contributed by atoms with Gasteiger partial charge >= 0.3 is 0 Å². The molecule has 1 aliphatic heterocycles. The molecule has 3 atom stereocenters. The highest BCUT2D eigenvalue weighted by molar-refractivity contribution is 7.16. The standard InChI is InChI=1S/C29H35FN6O2S/c1-18(32)2-9-24(33)28-34-25(22-8-5-20(30)16-23(22)27(37)35-29(17-31)10-11-29)26(39-28)19-3-6-21(7-4-19)36-12-14-38-15-13-36/h2-4,6-7,9,20,22-23H,5,8,10-16,32-33H2,1H3,(H,35,37)/b18-2-,24-9-/t20-,22+,23?/m0/s1. The van der Waals surface area contributed by atoms with Crippen molar-refractivity contribution in [2.75, 3.05) is 31.2 Å². The predicted molar refractivity (Wildman–Crippen MR) is 151 cm³/mol. The third-order valence-corrected chi connectivity index (χ3v) is 8.90. The van der Waals surface area contributed by atoms with Gasteiger partial charge in [0.25, 0.3) is 0 Å². The highest BCUT2D eigenvalue weighted by Crippen LogP contribution is 2.46. The largest absolute Gasteiger partial charge is 0.402 e. The van der Waals surface area contributed by atoms with E-state index in [-0.39, 0.29) is 18.2 Å². The van der Waals surface area contributed by atoms with Crippen LogP contribution in [-0.2, 0) is 9.53 Å². The van der Waals surface area contributed by atoms with Gasteiger partial charge in [-0.1, -0.05) is 12.1 Å². The zero-order valence-corrected chi connectivity index (χ0v) is 23.0. The van der Waals surface area contributed by atoms with Crippen molar-refractivity contribution >= 4 is 28.6 Å². The summed E-state index contributed by atoms with van der Waals surface area (Å²) in [4.78, 5) is 21.6. The predicted octanol–water partition coefficient (Wildman–Crippen LogP) is 4.20. The number of nitriles is 1. The number of ether oxygens (including phenoxy) is 1. The molecule has 2 heterocycles. The van der Waals surface area contributed by atoms with Crippen LogP contribution in [0.25, 0.3) is 16.1 Å². The highest BCUT2D eigenvalue weighted by Gasteiger charge is 2.48. The number of carbonyl (C=O) groups is 1. The first kappa shape index (κ1) is 27.2. The van der Waals surface area contributed by atoms with Gasteiger partial charge in [-0.05, 0) is 68.9 Å². The second-order valence-corrected chi connectivity index (χ2v) is 11.7. The van der Waals surface area contributed by atoms with E-state index in [2.05, 4.69) is 40.6 Å². The second-order valence-electron chi connectivity index (χ2n) is 10.7. The average Bonchev–Trinajstić information content (AvgIpc) is 3.58. The first-order valence-corrected chi connectivity index (χ1v) is 14.3. The Labute approximate surface area is 232 Å². The number of carbonyl (C=O) groups excluding carboxylic acids is 1. The van der Waals surface area contributed by atoms with Crippen molar-refractivity contribution in [2.45, 2.75) is 56.7 Å². The minimum Gasteiger partial charge on any atom is -0.402 e. The molecule has 1 amide bonds. The number of rotatable bonds is 7. The number of nitrogens with two attached hydrogens (primary N) is 2. The van der Waals surface area contributed by atoms with Gasteiger partial charge in [-0.25, -0.2) is 9.37 Å². The molecule has 2 saturated carbocycles. The Morgan fingerprint density at radius 1 is 1.23 bits per heavy atom. The van der Waals surface area contributed by atoms with Crippen molar-refractivity contribution in [1.82, 2.24) is 10.3 Å². The summed E-state index contributed by atoms with van der Waals surface area (Å²) in [5.41, 5.74) is 15.3. The van der Waals surface area contributed by atoms with E-state index in [1.54, 1.807) is 19.1 Å². The van der Waals surface area contributed by atoms with E-state index < -0.39 is 17.6 Å². The number of aromatic nitrogens is 1. The molecule has 5 N–H and O–H groups in total. The third kappa shape index (κ3) is 6.10. The Balaban J connectivity index is 1.51. The minimum absolute atomic E-state index is 0.112. The quantitative estimate of drug-likeness (QED) is 0.441. The summed E-state index contributed by atoms with van der Waals surface area (Å²) in [7, 11) is 0. The van der Waals surface area contributed by atoms with E-state index in [1.165, 1.54) is 11.3 Å². The van der Waals surface area contributed by atoms with Crippen molar-refractivity contribution < 1.29 is 13.9 Å². The van der Waals surface area contributed by atoms with Gasteiger partial charge < -0.3 is 26.4 Å². The Hall–Kier alpha value is -3.42. The summed E-state index contributed by atoms with van der Waals surface area (Å²) in [5.74, 6) is -1.17. The van der Waals surface area contributed by atoms with Crippen LogP contribution in [-0.4, -0.2) is 48.9 Å². The van der Waals surface area contributed by atoms with E-state index in [0.29, 0.717) is 55.3 Å². The van der Waals surface area contributed by atoms with Crippen LogP contribution in [0, 0.1) is 17.2 Å². The summed E-state index contributed by atoms with van der Waals surface area (Å²) >= 11 is 1.47. The Bertz CT molecular complexity index is 1300. The number of nitrogens with one attached hydrogen (secondary N) is 1. The number of thiazole rings is 1. The molecular weight excluding hydrogens is 515 g/mol. The zero-order valence-electron chi connectivity index (χ0n) is 22.2. The van der Waals surface area contributed by atoms with E-state index >= 15 is 0 Å². The van der Waals surface area contributed by atoms with Crippen LogP contribution in [0.1, 0.15) is 55.6 Å². The fourth-order valence-electron chi connectivity index (χ4n) is 5.31. The number of amides is 1. The molecule has 39 heavy (non-hydrogen) atoms. The highest BCUT2D eigenvalue weighted by atomic mass is 32.1. The molecule has 3 fully saturated rings. The summed E-state index contributed by atoms with van der Waals surface area (Å²) in [6.07, 6.45) is 4.62. The molecule has 0 bridgehead atoms. The van der Waals surface area contributed by atoms with Crippen LogP contribution in [0.15, 0.2) is 42.1 Å². The van der Waals surface area contributed by atoms with Crippen LogP contribution >= 0.6 is 11.3 Å². The fraction of sp³-hybridized carbons (Fsp3) is 0.483. The van der Waals surface area contributed by atoms with Crippen LogP contribution < -0.4 is 21.7 Å². The van der Waals surface area contributed by atoms with E-state index in [1.807, 2.05) is 0 Å². The molecule has 5 rings (SSSR count). The lowest BCUT2D eigenvalue weighted by molar-refractivity contribution is -0.128. The van der Waals surface area contributed by atoms with Crippen LogP contribution in [0.4, 0.5) is 10.1 Å². The molecule has 1 unspecified atom stereocenters. The summed E-state index contributed by atoms with van der Waals surface area (Å²) in [6, 6.07) is 10.5. The van der Waals surface area contributed by atoms with E-state index in [4.69, 9.17) is 21.2 Å². The molecule has 206 valence electrons.